The molecule has 1 unspecified atom stereocenters. The number of rotatable bonds is 7. The van der Waals surface area contributed by atoms with E-state index < -0.39 is 0 Å². The van der Waals surface area contributed by atoms with Crippen molar-refractivity contribution in [3.63, 3.8) is 0 Å². The van der Waals surface area contributed by atoms with Gasteiger partial charge in [-0.25, -0.2) is 0 Å². The Morgan fingerprint density at radius 2 is 2.05 bits per heavy atom. The summed E-state index contributed by atoms with van der Waals surface area (Å²) in [7, 11) is 1.51. The normalized spacial score (nSPS) is 11.6. The topological polar surface area (TPSA) is 93.4 Å². The minimum Gasteiger partial charge on any atom is -0.494 e. The van der Waals surface area contributed by atoms with Crippen molar-refractivity contribution in [1.82, 2.24) is 0 Å². The molecular formula is C15H23N3O3. The largest absolute Gasteiger partial charge is 0.494 e. The van der Waals surface area contributed by atoms with Crippen molar-refractivity contribution in [1.29, 1.82) is 0 Å². The zero-order valence-electron chi connectivity index (χ0n) is 12.7. The van der Waals surface area contributed by atoms with Crippen LogP contribution in [-0.4, -0.2) is 25.5 Å². The van der Waals surface area contributed by atoms with Gasteiger partial charge in [-0.05, 0) is 31.0 Å². The molecule has 116 valence electrons. The highest BCUT2D eigenvalue weighted by molar-refractivity contribution is 5.93. The number of hydrogen-bond donors (Lipinski definition) is 3. The van der Waals surface area contributed by atoms with Crippen molar-refractivity contribution < 1.29 is 14.3 Å². The van der Waals surface area contributed by atoms with Gasteiger partial charge in [0, 0.05) is 25.1 Å². The molecule has 0 aliphatic carbocycles. The molecule has 1 atom stereocenters. The predicted molar refractivity (Wildman–Crippen MR) is 83.4 cm³/mol. The minimum atomic E-state index is -0.180. The SMILES string of the molecule is COc1cc(NC(=O)CCC(C)CN)ccc1NC(C)=O. The van der Waals surface area contributed by atoms with Crippen molar-refractivity contribution in [2.45, 2.75) is 26.7 Å². The number of amides is 2. The molecule has 0 heterocycles. The molecular weight excluding hydrogens is 270 g/mol. The zero-order valence-corrected chi connectivity index (χ0v) is 12.7. The number of ether oxygens (including phenoxy) is 1. The minimum absolute atomic E-state index is 0.0652. The van der Waals surface area contributed by atoms with E-state index in [2.05, 4.69) is 10.6 Å². The lowest BCUT2D eigenvalue weighted by Crippen LogP contribution is -2.16. The first-order valence-electron chi connectivity index (χ1n) is 6.91. The lowest BCUT2D eigenvalue weighted by Gasteiger charge is -2.12. The highest BCUT2D eigenvalue weighted by Gasteiger charge is 2.09. The lowest BCUT2D eigenvalue weighted by molar-refractivity contribution is -0.116. The van der Waals surface area contributed by atoms with E-state index in [0.717, 1.165) is 6.42 Å². The average Bonchev–Trinajstić information content (AvgIpc) is 2.45. The van der Waals surface area contributed by atoms with Gasteiger partial charge in [-0.1, -0.05) is 6.92 Å². The van der Waals surface area contributed by atoms with Crippen LogP contribution < -0.4 is 21.1 Å². The molecule has 0 saturated carbocycles. The Labute approximate surface area is 125 Å². The fourth-order valence-electron chi connectivity index (χ4n) is 1.78. The number of nitrogens with two attached hydrogens (primary N) is 1. The second-order valence-corrected chi connectivity index (χ2v) is 5.02. The maximum Gasteiger partial charge on any atom is 0.224 e. The predicted octanol–water partition coefficient (Wildman–Crippen LogP) is 1.97. The molecule has 1 rings (SSSR count). The number of anilines is 2. The second kappa shape index (κ2) is 8.26. The molecule has 1 aromatic rings. The standard InChI is InChI=1S/C15H23N3O3/c1-10(9-16)4-7-15(20)18-12-5-6-13(17-11(2)19)14(8-12)21-3/h5-6,8,10H,4,7,9,16H2,1-3H3,(H,17,19)(H,18,20). The van der Waals surface area contributed by atoms with Gasteiger partial charge in [-0.15, -0.1) is 0 Å². The summed E-state index contributed by atoms with van der Waals surface area (Å²) in [5.41, 5.74) is 6.72. The maximum atomic E-state index is 11.8. The van der Waals surface area contributed by atoms with Crippen molar-refractivity contribution in [2.24, 2.45) is 11.7 Å². The van der Waals surface area contributed by atoms with Crippen LogP contribution in [0, 0.1) is 5.92 Å². The molecule has 21 heavy (non-hydrogen) atoms. The third kappa shape index (κ3) is 5.83. The van der Waals surface area contributed by atoms with Crippen LogP contribution in [0.5, 0.6) is 5.75 Å². The van der Waals surface area contributed by atoms with Gasteiger partial charge in [0.2, 0.25) is 11.8 Å². The summed E-state index contributed by atoms with van der Waals surface area (Å²) in [6, 6.07) is 5.09. The number of nitrogens with one attached hydrogen (secondary N) is 2. The highest BCUT2D eigenvalue weighted by atomic mass is 16.5. The first kappa shape index (κ1) is 17.0. The van der Waals surface area contributed by atoms with Crippen LogP contribution in [0.3, 0.4) is 0 Å². The van der Waals surface area contributed by atoms with E-state index in [1.807, 2.05) is 6.92 Å². The van der Waals surface area contributed by atoms with Crippen LogP contribution in [0.1, 0.15) is 26.7 Å². The Bertz CT molecular complexity index is 503. The van der Waals surface area contributed by atoms with E-state index in [1.54, 1.807) is 18.2 Å². The van der Waals surface area contributed by atoms with Crippen LogP contribution >= 0.6 is 0 Å². The molecule has 0 radical (unpaired) electrons. The third-order valence-electron chi connectivity index (χ3n) is 3.06. The molecule has 6 heteroatoms. The van der Waals surface area contributed by atoms with E-state index in [-0.39, 0.29) is 11.8 Å². The van der Waals surface area contributed by atoms with Crippen molar-refractivity contribution >= 4 is 23.2 Å². The summed E-state index contributed by atoms with van der Waals surface area (Å²) in [5, 5.41) is 5.47. The average molecular weight is 293 g/mol. The molecule has 4 N–H and O–H groups in total. The Morgan fingerprint density at radius 3 is 2.62 bits per heavy atom. The molecule has 0 aromatic heterocycles. The van der Waals surface area contributed by atoms with Crippen LogP contribution in [0.2, 0.25) is 0 Å². The molecule has 1 aromatic carbocycles. The van der Waals surface area contributed by atoms with E-state index in [0.29, 0.717) is 36.0 Å². The second-order valence-electron chi connectivity index (χ2n) is 5.02. The number of hydrogen-bond acceptors (Lipinski definition) is 4. The number of methoxy groups -OCH3 is 1. The first-order chi connectivity index (χ1) is 9.96. The molecule has 0 bridgehead atoms. The monoisotopic (exact) mass is 293 g/mol. The molecule has 0 aliphatic heterocycles. The summed E-state index contributed by atoms with van der Waals surface area (Å²) in [4.78, 5) is 22.9. The van der Waals surface area contributed by atoms with Crippen molar-refractivity contribution in [3.8, 4) is 5.75 Å². The maximum absolute atomic E-state index is 11.8. The summed E-state index contributed by atoms with van der Waals surface area (Å²) >= 11 is 0. The van der Waals surface area contributed by atoms with Crippen LogP contribution in [0.4, 0.5) is 11.4 Å². The van der Waals surface area contributed by atoms with E-state index in [1.165, 1.54) is 14.0 Å². The van der Waals surface area contributed by atoms with Crippen molar-refractivity contribution in [3.05, 3.63) is 18.2 Å². The summed E-state index contributed by atoms with van der Waals surface area (Å²) in [6.07, 6.45) is 1.18. The highest BCUT2D eigenvalue weighted by Crippen LogP contribution is 2.28. The van der Waals surface area contributed by atoms with Crippen LogP contribution in [0.25, 0.3) is 0 Å². The Hall–Kier alpha value is -2.08. The van der Waals surface area contributed by atoms with Gasteiger partial charge in [-0.3, -0.25) is 9.59 Å². The molecule has 0 saturated heterocycles. The van der Waals surface area contributed by atoms with Gasteiger partial charge in [0.05, 0.1) is 12.8 Å². The van der Waals surface area contributed by atoms with Crippen molar-refractivity contribution in [2.75, 3.05) is 24.3 Å². The molecule has 6 nitrogen and oxygen atoms in total. The van der Waals surface area contributed by atoms with Crippen LogP contribution in [0.15, 0.2) is 18.2 Å². The Kier molecular flexibility index (Phi) is 6.68. The summed E-state index contributed by atoms with van der Waals surface area (Å²) < 4.78 is 5.20. The Balaban J connectivity index is 2.67. The van der Waals surface area contributed by atoms with Gasteiger partial charge in [0.15, 0.2) is 0 Å². The molecule has 0 aliphatic rings. The van der Waals surface area contributed by atoms with E-state index in [9.17, 15) is 9.59 Å². The summed E-state index contributed by atoms with van der Waals surface area (Å²) in [6.45, 7) is 4.01. The van der Waals surface area contributed by atoms with E-state index >= 15 is 0 Å². The quantitative estimate of drug-likeness (QED) is 0.716. The molecule has 2 amide bonds. The van der Waals surface area contributed by atoms with E-state index in [4.69, 9.17) is 10.5 Å². The smallest absolute Gasteiger partial charge is 0.224 e. The number of carbonyl (C=O) groups excluding carboxylic acids is 2. The Morgan fingerprint density at radius 1 is 1.33 bits per heavy atom. The number of carbonyl (C=O) groups is 2. The first-order valence-corrected chi connectivity index (χ1v) is 6.91. The number of benzene rings is 1. The lowest BCUT2D eigenvalue weighted by atomic mass is 10.1. The molecule has 0 fully saturated rings. The van der Waals surface area contributed by atoms with Crippen LogP contribution in [-0.2, 0) is 9.59 Å². The fraction of sp³-hybridized carbons (Fsp3) is 0.467. The zero-order chi connectivity index (χ0) is 15.8. The van der Waals surface area contributed by atoms with Gasteiger partial charge in [0.1, 0.15) is 5.75 Å². The van der Waals surface area contributed by atoms with Gasteiger partial charge in [-0.2, -0.15) is 0 Å². The third-order valence-corrected chi connectivity index (χ3v) is 3.06. The van der Waals surface area contributed by atoms with Gasteiger partial charge < -0.3 is 21.1 Å². The molecule has 0 spiro atoms. The van der Waals surface area contributed by atoms with Gasteiger partial charge in [0.25, 0.3) is 0 Å². The fourth-order valence-corrected chi connectivity index (χ4v) is 1.78. The summed E-state index contributed by atoms with van der Waals surface area (Å²) in [5.74, 6) is 0.580. The van der Waals surface area contributed by atoms with Gasteiger partial charge >= 0.3 is 0 Å².